The normalized spacial score (nSPS) is 10.3. The lowest BCUT2D eigenvalue weighted by Gasteiger charge is -2.10. The van der Waals surface area contributed by atoms with Gasteiger partial charge in [-0.2, -0.15) is 0 Å². The lowest BCUT2D eigenvalue weighted by Crippen LogP contribution is -2.08. The van der Waals surface area contributed by atoms with Crippen LogP contribution in [0.25, 0.3) is 0 Å². The molecule has 1 aromatic carbocycles. The first kappa shape index (κ1) is 13.0. The molecule has 1 N–H and O–H groups in total. The molecule has 0 bridgehead atoms. The Bertz CT molecular complexity index is 441. The highest BCUT2D eigenvalue weighted by molar-refractivity contribution is 5.91. The monoisotopic (exact) mass is 239 g/mol. The fraction of sp³-hybridized carbons (Fsp3) is 0.364. The van der Waals surface area contributed by atoms with E-state index < -0.39 is 10.9 Å². The van der Waals surface area contributed by atoms with Crippen molar-refractivity contribution in [3.8, 4) is 5.75 Å². The molecule has 0 spiro atoms. The highest BCUT2D eigenvalue weighted by atomic mass is 16.6. The van der Waals surface area contributed by atoms with Gasteiger partial charge in [0.05, 0.1) is 11.5 Å². The van der Waals surface area contributed by atoms with E-state index >= 15 is 0 Å². The molecular formula is C11H13NO5. The van der Waals surface area contributed by atoms with Crippen molar-refractivity contribution in [1.82, 2.24) is 0 Å². The summed E-state index contributed by atoms with van der Waals surface area (Å²) in [6.45, 7) is 4.20. The van der Waals surface area contributed by atoms with Crippen LogP contribution in [0.3, 0.4) is 0 Å². The van der Waals surface area contributed by atoms with Crippen molar-refractivity contribution in [1.29, 1.82) is 0 Å². The van der Waals surface area contributed by atoms with Crippen molar-refractivity contribution in [3.63, 3.8) is 0 Å². The summed E-state index contributed by atoms with van der Waals surface area (Å²) in [5, 5.41) is 19.5. The molecule has 0 aliphatic heterocycles. The molecule has 0 heterocycles. The molecule has 1 aromatic rings. The molecule has 1 rings (SSSR count). The number of nitro groups is 1. The van der Waals surface area contributed by atoms with Crippen LogP contribution in [0.5, 0.6) is 5.75 Å². The van der Waals surface area contributed by atoms with Crippen LogP contribution < -0.4 is 4.74 Å². The zero-order valence-electron chi connectivity index (χ0n) is 9.54. The molecule has 6 heteroatoms. The Morgan fingerprint density at radius 3 is 2.65 bits per heavy atom. The van der Waals surface area contributed by atoms with E-state index in [2.05, 4.69) is 0 Å². The van der Waals surface area contributed by atoms with E-state index in [9.17, 15) is 14.9 Å². The highest BCUT2D eigenvalue weighted by Crippen LogP contribution is 2.24. The molecule has 0 radical (unpaired) electrons. The maximum atomic E-state index is 10.9. The number of non-ortho nitro benzene ring substituents is 1. The SMILES string of the molecule is CC(C)COc1ccc([N+](=O)[O-])cc1C(=O)O. The van der Waals surface area contributed by atoms with Crippen LogP contribution in [0.1, 0.15) is 24.2 Å². The first-order valence-corrected chi connectivity index (χ1v) is 5.06. The Morgan fingerprint density at radius 2 is 2.18 bits per heavy atom. The molecule has 0 unspecified atom stereocenters. The standard InChI is InChI=1S/C11H13NO5/c1-7(2)6-17-10-4-3-8(12(15)16)5-9(10)11(13)14/h3-5,7H,6H2,1-2H3,(H,13,14). The van der Waals surface area contributed by atoms with E-state index in [1.165, 1.54) is 12.1 Å². The maximum absolute atomic E-state index is 10.9. The van der Waals surface area contributed by atoms with Crippen LogP contribution in [0.2, 0.25) is 0 Å². The maximum Gasteiger partial charge on any atom is 0.339 e. The van der Waals surface area contributed by atoms with Crippen molar-refractivity contribution in [2.24, 2.45) is 5.92 Å². The molecule has 6 nitrogen and oxygen atoms in total. The Hall–Kier alpha value is -2.11. The van der Waals surface area contributed by atoms with Gasteiger partial charge in [0.2, 0.25) is 0 Å². The molecule has 0 amide bonds. The smallest absolute Gasteiger partial charge is 0.339 e. The Labute approximate surface area is 98.0 Å². The van der Waals surface area contributed by atoms with E-state index in [0.717, 1.165) is 6.07 Å². The average molecular weight is 239 g/mol. The van der Waals surface area contributed by atoms with E-state index in [1.54, 1.807) is 0 Å². The molecule has 17 heavy (non-hydrogen) atoms. The largest absolute Gasteiger partial charge is 0.492 e. The van der Waals surface area contributed by atoms with E-state index in [1.807, 2.05) is 13.8 Å². The summed E-state index contributed by atoms with van der Waals surface area (Å²) >= 11 is 0. The first-order chi connectivity index (χ1) is 7.91. The molecule has 0 aliphatic rings. The third-order valence-electron chi connectivity index (χ3n) is 1.98. The topological polar surface area (TPSA) is 89.7 Å². The van der Waals surface area contributed by atoms with Crippen LogP contribution in [0, 0.1) is 16.0 Å². The van der Waals surface area contributed by atoms with Crippen LogP contribution in [0.15, 0.2) is 18.2 Å². The first-order valence-electron chi connectivity index (χ1n) is 5.06. The summed E-state index contributed by atoms with van der Waals surface area (Å²) in [6, 6.07) is 3.53. The molecule has 92 valence electrons. The quantitative estimate of drug-likeness (QED) is 0.629. The fourth-order valence-corrected chi connectivity index (χ4v) is 1.18. The van der Waals surface area contributed by atoms with E-state index in [-0.39, 0.29) is 22.9 Å². The minimum Gasteiger partial charge on any atom is -0.492 e. The number of ether oxygens (including phenoxy) is 1. The summed E-state index contributed by atoms with van der Waals surface area (Å²) in [4.78, 5) is 20.8. The van der Waals surface area contributed by atoms with E-state index in [0.29, 0.717) is 6.61 Å². The Kier molecular flexibility index (Phi) is 4.03. The van der Waals surface area contributed by atoms with Crippen molar-refractivity contribution in [2.45, 2.75) is 13.8 Å². The number of hydrogen-bond acceptors (Lipinski definition) is 4. The van der Waals surface area contributed by atoms with Gasteiger partial charge in [-0.3, -0.25) is 10.1 Å². The van der Waals surface area contributed by atoms with Crippen LogP contribution in [-0.4, -0.2) is 22.6 Å². The fourth-order valence-electron chi connectivity index (χ4n) is 1.18. The molecule has 0 fully saturated rings. The third-order valence-corrected chi connectivity index (χ3v) is 1.98. The Balaban J connectivity index is 3.04. The zero-order valence-corrected chi connectivity index (χ0v) is 9.54. The third kappa shape index (κ3) is 3.44. The second-order valence-corrected chi connectivity index (χ2v) is 3.95. The lowest BCUT2D eigenvalue weighted by molar-refractivity contribution is -0.384. The van der Waals surface area contributed by atoms with Crippen LogP contribution in [0.4, 0.5) is 5.69 Å². The number of rotatable bonds is 5. The summed E-state index contributed by atoms with van der Waals surface area (Å²) in [5.41, 5.74) is -0.459. The number of hydrogen-bond donors (Lipinski definition) is 1. The van der Waals surface area contributed by atoms with Gasteiger partial charge in [-0.1, -0.05) is 13.8 Å². The summed E-state index contributed by atoms with van der Waals surface area (Å²) in [7, 11) is 0. The van der Waals surface area contributed by atoms with Crippen molar-refractivity contribution in [3.05, 3.63) is 33.9 Å². The molecule has 0 atom stereocenters. The van der Waals surface area contributed by atoms with Crippen molar-refractivity contribution >= 4 is 11.7 Å². The minimum absolute atomic E-state index is 0.150. The van der Waals surface area contributed by atoms with Gasteiger partial charge in [-0.15, -0.1) is 0 Å². The number of nitrogens with zero attached hydrogens (tertiary/aromatic N) is 1. The number of benzene rings is 1. The summed E-state index contributed by atoms with van der Waals surface area (Å²) in [6.07, 6.45) is 0. The predicted molar refractivity (Wildman–Crippen MR) is 60.4 cm³/mol. The molecule has 0 aromatic heterocycles. The number of carboxylic acid groups (broad SMARTS) is 1. The molecule has 0 saturated carbocycles. The number of carbonyl (C=O) groups is 1. The van der Waals surface area contributed by atoms with Gasteiger partial charge in [0.15, 0.2) is 0 Å². The lowest BCUT2D eigenvalue weighted by atomic mass is 10.1. The molecule has 0 aliphatic carbocycles. The summed E-state index contributed by atoms with van der Waals surface area (Å²) < 4.78 is 5.29. The van der Waals surface area contributed by atoms with Crippen molar-refractivity contribution in [2.75, 3.05) is 6.61 Å². The second kappa shape index (κ2) is 5.29. The van der Waals surface area contributed by atoms with Gasteiger partial charge < -0.3 is 9.84 Å². The summed E-state index contributed by atoms with van der Waals surface area (Å²) in [5.74, 6) is -0.851. The predicted octanol–water partition coefficient (Wildman–Crippen LogP) is 2.33. The van der Waals surface area contributed by atoms with Gasteiger partial charge in [0.1, 0.15) is 11.3 Å². The van der Waals surface area contributed by atoms with E-state index in [4.69, 9.17) is 9.84 Å². The van der Waals surface area contributed by atoms with Gasteiger partial charge in [0.25, 0.3) is 5.69 Å². The van der Waals surface area contributed by atoms with Gasteiger partial charge in [-0.05, 0) is 12.0 Å². The molecular weight excluding hydrogens is 226 g/mol. The number of aromatic carboxylic acids is 1. The van der Waals surface area contributed by atoms with Gasteiger partial charge >= 0.3 is 5.97 Å². The van der Waals surface area contributed by atoms with Gasteiger partial charge in [0, 0.05) is 12.1 Å². The Morgan fingerprint density at radius 1 is 1.53 bits per heavy atom. The molecule has 0 saturated heterocycles. The van der Waals surface area contributed by atoms with Gasteiger partial charge in [-0.25, -0.2) is 4.79 Å². The van der Waals surface area contributed by atoms with Crippen molar-refractivity contribution < 1.29 is 19.6 Å². The van der Waals surface area contributed by atoms with Crippen LogP contribution >= 0.6 is 0 Å². The second-order valence-electron chi connectivity index (χ2n) is 3.95. The van der Waals surface area contributed by atoms with Crippen LogP contribution in [-0.2, 0) is 0 Å². The number of carboxylic acids is 1. The zero-order chi connectivity index (χ0) is 13.0. The number of nitro benzene ring substituents is 1. The average Bonchev–Trinajstić information content (AvgIpc) is 2.25. The minimum atomic E-state index is -1.24. The highest BCUT2D eigenvalue weighted by Gasteiger charge is 2.17.